The van der Waals surface area contributed by atoms with Crippen molar-refractivity contribution in [2.75, 3.05) is 11.9 Å². The van der Waals surface area contributed by atoms with Crippen LogP contribution in [0.5, 0.6) is 0 Å². The molecule has 2 saturated carbocycles. The average molecular weight is 376 g/mol. The Labute approximate surface area is 156 Å². The van der Waals surface area contributed by atoms with Gasteiger partial charge in [-0.2, -0.15) is 0 Å². The fourth-order valence-corrected chi connectivity index (χ4v) is 4.68. The highest BCUT2D eigenvalue weighted by Gasteiger charge is 2.34. The molecule has 0 unspecified atom stereocenters. The van der Waals surface area contributed by atoms with Crippen LogP contribution in [0.3, 0.4) is 0 Å². The van der Waals surface area contributed by atoms with E-state index in [-0.39, 0.29) is 23.8 Å². The van der Waals surface area contributed by atoms with Crippen molar-refractivity contribution in [2.24, 2.45) is 16.8 Å². The Kier molecular flexibility index (Phi) is 4.71. The molecule has 25 heavy (non-hydrogen) atoms. The van der Waals surface area contributed by atoms with Crippen molar-refractivity contribution in [3.8, 4) is 0 Å². The van der Waals surface area contributed by atoms with Gasteiger partial charge in [-0.05, 0) is 68.6 Å². The zero-order chi connectivity index (χ0) is 17.4. The van der Waals surface area contributed by atoms with E-state index in [2.05, 4.69) is 20.8 Å². The first-order chi connectivity index (χ1) is 12.2. The van der Waals surface area contributed by atoms with Crippen molar-refractivity contribution in [3.63, 3.8) is 0 Å². The maximum atomic E-state index is 12.8. The van der Waals surface area contributed by atoms with Crippen LogP contribution in [0.2, 0.25) is 0 Å². The molecule has 132 valence electrons. The van der Waals surface area contributed by atoms with Crippen LogP contribution in [0.1, 0.15) is 52.9 Å². The van der Waals surface area contributed by atoms with Gasteiger partial charge in [-0.15, -0.1) is 11.3 Å². The molecule has 2 fully saturated rings. The molecule has 4 rings (SSSR count). The van der Waals surface area contributed by atoms with Gasteiger partial charge in [0.2, 0.25) is 5.91 Å². The summed E-state index contributed by atoms with van der Waals surface area (Å²) in [5.74, 6) is 0.717. The average Bonchev–Trinajstić information content (AvgIpc) is 3.49. The molecule has 3 aliphatic rings. The van der Waals surface area contributed by atoms with E-state index in [0.29, 0.717) is 22.9 Å². The van der Waals surface area contributed by atoms with Crippen molar-refractivity contribution in [1.29, 1.82) is 0 Å². The second kappa shape index (κ2) is 6.98. The zero-order valence-corrected chi connectivity index (χ0v) is 15.6. The van der Waals surface area contributed by atoms with E-state index in [4.69, 9.17) is 12.2 Å². The van der Waals surface area contributed by atoms with E-state index in [1.165, 1.54) is 17.7 Å². The molecule has 1 aromatic rings. The third-order valence-electron chi connectivity index (χ3n) is 5.13. The van der Waals surface area contributed by atoms with E-state index < -0.39 is 0 Å². The summed E-state index contributed by atoms with van der Waals surface area (Å²) in [6.45, 7) is 0.723. The third kappa shape index (κ3) is 3.84. The lowest BCUT2D eigenvalue weighted by Gasteiger charge is -2.18. The topological polar surface area (TPSA) is 70.6 Å². The number of rotatable bonds is 6. The number of anilines is 1. The number of aliphatic imine (C=N–C) groups is 1. The monoisotopic (exact) mass is 375 g/mol. The number of thiocarbonyl (C=S) groups is 1. The summed E-state index contributed by atoms with van der Waals surface area (Å²) in [5.41, 5.74) is 1.69. The first-order valence-electron chi connectivity index (χ1n) is 8.96. The zero-order valence-electron chi connectivity index (χ0n) is 14.0. The van der Waals surface area contributed by atoms with Crippen LogP contribution < -0.4 is 10.6 Å². The highest BCUT2D eigenvalue weighted by Crippen LogP contribution is 2.40. The van der Waals surface area contributed by atoms with Crippen molar-refractivity contribution >= 4 is 45.5 Å². The molecule has 5 nitrogen and oxygen atoms in total. The molecule has 7 heteroatoms. The third-order valence-corrected chi connectivity index (χ3v) is 6.44. The SMILES string of the molecule is O=C(NCC1CC1)c1c(NC(=O)C2CC2)sc2c1C[C@@H](N=C=S)CC2. The van der Waals surface area contributed by atoms with Gasteiger partial charge >= 0.3 is 0 Å². The number of fused-ring (bicyclic) bond motifs is 1. The smallest absolute Gasteiger partial charge is 0.254 e. The molecule has 2 amide bonds. The van der Waals surface area contributed by atoms with E-state index in [1.807, 2.05) is 0 Å². The Morgan fingerprint density at radius 1 is 1.24 bits per heavy atom. The summed E-state index contributed by atoms with van der Waals surface area (Å²) >= 11 is 6.29. The molecular formula is C18H21N3O2S2. The molecule has 0 radical (unpaired) electrons. The Bertz CT molecular complexity index is 759. The highest BCUT2D eigenvalue weighted by molar-refractivity contribution is 7.78. The van der Waals surface area contributed by atoms with Crippen LogP contribution in [0.4, 0.5) is 5.00 Å². The van der Waals surface area contributed by atoms with Crippen LogP contribution >= 0.6 is 23.6 Å². The van der Waals surface area contributed by atoms with E-state index in [0.717, 1.165) is 37.8 Å². The van der Waals surface area contributed by atoms with Gasteiger partial charge in [0.15, 0.2) is 0 Å². The van der Waals surface area contributed by atoms with Gasteiger partial charge in [0.1, 0.15) is 5.00 Å². The molecule has 0 aliphatic heterocycles. The van der Waals surface area contributed by atoms with E-state index in [1.54, 1.807) is 11.3 Å². The molecule has 0 saturated heterocycles. The summed E-state index contributed by atoms with van der Waals surface area (Å²) in [4.78, 5) is 30.5. The normalized spacial score (nSPS) is 21.8. The van der Waals surface area contributed by atoms with Gasteiger partial charge in [0.05, 0.1) is 16.8 Å². The number of amides is 2. The van der Waals surface area contributed by atoms with Crippen LogP contribution in [0.25, 0.3) is 0 Å². The Hall–Kier alpha value is -1.56. The van der Waals surface area contributed by atoms with Crippen molar-refractivity contribution < 1.29 is 9.59 Å². The minimum absolute atomic E-state index is 0.0447. The number of hydrogen-bond donors (Lipinski definition) is 2. The van der Waals surface area contributed by atoms with Gasteiger partial charge < -0.3 is 10.6 Å². The number of thiophene rings is 1. The lowest BCUT2D eigenvalue weighted by Crippen LogP contribution is -2.28. The lowest BCUT2D eigenvalue weighted by atomic mass is 9.91. The number of carbonyl (C=O) groups is 2. The Morgan fingerprint density at radius 3 is 2.72 bits per heavy atom. The van der Waals surface area contributed by atoms with E-state index >= 15 is 0 Å². The molecule has 1 heterocycles. The van der Waals surface area contributed by atoms with Crippen LogP contribution in [-0.4, -0.2) is 29.6 Å². The maximum absolute atomic E-state index is 12.8. The molecule has 1 aromatic heterocycles. The molecule has 0 aromatic carbocycles. The molecule has 3 aliphatic carbocycles. The molecule has 0 bridgehead atoms. The molecule has 0 spiro atoms. The molecule has 2 N–H and O–H groups in total. The Balaban J connectivity index is 1.61. The van der Waals surface area contributed by atoms with Gasteiger partial charge in [0.25, 0.3) is 5.91 Å². The predicted molar refractivity (Wildman–Crippen MR) is 102 cm³/mol. The lowest BCUT2D eigenvalue weighted by molar-refractivity contribution is -0.117. The number of carbonyl (C=O) groups excluding carboxylic acids is 2. The molecular weight excluding hydrogens is 354 g/mol. The number of nitrogens with zero attached hydrogens (tertiary/aromatic N) is 1. The second-order valence-corrected chi connectivity index (χ2v) is 8.53. The predicted octanol–water partition coefficient (Wildman–Crippen LogP) is 3.20. The number of aryl methyl sites for hydroxylation is 1. The van der Waals surface area contributed by atoms with Gasteiger partial charge in [0, 0.05) is 17.3 Å². The first kappa shape index (κ1) is 16.9. The fraction of sp³-hybridized carbons (Fsp3) is 0.611. The summed E-state index contributed by atoms with van der Waals surface area (Å²) in [7, 11) is 0. The van der Waals surface area contributed by atoms with Crippen LogP contribution in [0.15, 0.2) is 4.99 Å². The molecule has 1 atom stereocenters. The summed E-state index contributed by atoms with van der Waals surface area (Å²) in [5, 5.41) is 9.24. The second-order valence-electron chi connectivity index (χ2n) is 7.24. The minimum atomic E-state index is -0.0671. The number of hydrogen-bond acceptors (Lipinski definition) is 5. The van der Waals surface area contributed by atoms with Crippen molar-refractivity contribution in [2.45, 2.75) is 51.0 Å². The van der Waals surface area contributed by atoms with Gasteiger partial charge in [-0.3, -0.25) is 9.59 Å². The summed E-state index contributed by atoms with van der Waals surface area (Å²) in [6, 6.07) is 0.0848. The largest absolute Gasteiger partial charge is 0.352 e. The van der Waals surface area contributed by atoms with Crippen LogP contribution in [-0.2, 0) is 17.6 Å². The fourth-order valence-electron chi connectivity index (χ4n) is 3.29. The van der Waals surface area contributed by atoms with Gasteiger partial charge in [-0.25, -0.2) is 4.99 Å². The Morgan fingerprint density at radius 2 is 2.04 bits per heavy atom. The minimum Gasteiger partial charge on any atom is -0.352 e. The summed E-state index contributed by atoms with van der Waals surface area (Å²) in [6.07, 6.45) is 6.76. The first-order valence-corrected chi connectivity index (χ1v) is 10.2. The highest BCUT2D eigenvalue weighted by atomic mass is 32.1. The standard InChI is InChI=1S/C18H21N3O2S2/c22-16(11-3-4-11)21-18-15(17(23)19-8-10-1-2-10)13-7-12(20-9-24)5-6-14(13)25-18/h10-12H,1-8H2,(H,19,23)(H,21,22)/t12-/m0/s1. The van der Waals surface area contributed by atoms with Crippen molar-refractivity contribution in [1.82, 2.24) is 5.32 Å². The quantitative estimate of drug-likeness (QED) is 0.592. The number of nitrogens with one attached hydrogen (secondary N) is 2. The van der Waals surface area contributed by atoms with Crippen molar-refractivity contribution in [3.05, 3.63) is 16.0 Å². The van der Waals surface area contributed by atoms with Crippen LogP contribution in [0, 0.1) is 11.8 Å². The number of isothiocyanates is 1. The summed E-state index contributed by atoms with van der Waals surface area (Å²) < 4.78 is 0. The van der Waals surface area contributed by atoms with Gasteiger partial charge in [-0.1, -0.05) is 0 Å². The maximum Gasteiger partial charge on any atom is 0.254 e. The van der Waals surface area contributed by atoms with E-state index in [9.17, 15) is 9.59 Å².